The van der Waals surface area contributed by atoms with Gasteiger partial charge in [0.05, 0.1) is 6.10 Å². The van der Waals surface area contributed by atoms with E-state index in [1.165, 1.54) is 16.8 Å². The number of carbonyl (C=O) groups excluding carboxylic acids is 1. The minimum absolute atomic E-state index is 0.0643. The number of likely N-dealkylation sites (tertiary alicyclic amines) is 1. The highest BCUT2D eigenvalue weighted by molar-refractivity contribution is 5.75. The summed E-state index contributed by atoms with van der Waals surface area (Å²) in [5.74, 6) is 0.0643. The summed E-state index contributed by atoms with van der Waals surface area (Å²) in [7, 11) is 0. The van der Waals surface area contributed by atoms with Crippen LogP contribution >= 0.6 is 0 Å². The van der Waals surface area contributed by atoms with Crippen molar-refractivity contribution in [1.29, 1.82) is 0 Å². The Morgan fingerprint density at radius 1 is 1.17 bits per heavy atom. The molecule has 0 saturated carbocycles. The van der Waals surface area contributed by atoms with Crippen LogP contribution in [0.1, 0.15) is 42.9 Å². The Hall–Kier alpha value is -2.14. The summed E-state index contributed by atoms with van der Waals surface area (Å²) < 4.78 is 15.4. The molecule has 3 aliphatic rings. The number of aliphatic hydroxyl groups is 1. The smallest absolute Gasteiger partial charge is 0.222 e. The van der Waals surface area contributed by atoms with E-state index in [9.17, 15) is 9.90 Å². The lowest BCUT2D eigenvalue weighted by molar-refractivity contribution is -0.135. The summed E-state index contributed by atoms with van der Waals surface area (Å²) in [6.45, 7) is 4.62. The van der Waals surface area contributed by atoms with Crippen molar-refractivity contribution in [2.75, 3.05) is 26.2 Å². The molecule has 0 radical (unpaired) electrons. The average molecular weight is 399 g/mol. The fourth-order valence-electron chi connectivity index (χ4n) is 4.65. The molecule has 2 aliphatic heterocycles. The highest BCUT2D eigenvalue weighted by atomic mass is 19.1. The largest absolute Gasteiger partial charge is 0.389 e. The Morgan fingerprint density at radius 3 is 2.48 bits per heavy atom. The van der Waals surface area contributed by atoms with E-state index in [0.717, 1.165) is 31.5 Å². The molecule has 1 saturated heterocycles. The number of benzene rings is 1. The van der Waals surface area contributed by atoms with Crippen LogP contribution in [0, 0.1) is 0 Å². The summed E-state index contributed by atoms with van der Waals surface area (Å²) in [4.78, 5) is 15.9. The predicted molar refractivity (Wildman–Crippen MR) is 112 cm³/mol. The number of carbonyl (C=O) groups is 1. The zero-order chi connectivity index (χ0) is 20.4. The molecule has 1 aromatic rings. The molecular weight excluding hydrogens is 367 g/mol. The first kappa shape index (κ1) is 20.1. The van der Waals surface area contributed by atoms with E-state index in [4.69, 9.17) is 0 Å². The third-order valence-electron chi connectivity index (χ3n) is 6.75. The Labute approximate surface area is 172 Å². The molecule has 1 aromatic carbocycles. The number of hydrogen-bond acceptors (Lipinski definition) is 3. The second-order valence-electron chi connectivity index (χ2n) is 8.53. The van der Waals surface area contributed by atoms with E-state index in [1.54, 1.807) is 4.90 Å². The van der Waals surface area contributed by atoms with E-state index >= 15 is 4.39 Å². The van der Waals surface area contributed by atoms with Crippen molar-refractivity contribution in [3.63, 3.8) is 0 Å². The molecular formula is C24H31FN2O2. The molecule has 4 nitrogen and oxygen atoms in total. The molecule has 0 bridgehead atoms. The molecule has 1 atom stereocenters. The number of halogens is 1. The molecule has 0 spiro atoms. The topological polar surface area (TPSA) is 43.8 Å². The molecule has 156 valence electrons. The van der Waals surface area contributed by atoms with Gasteiger partial charge in [-0.15, -0.1) is 0 Å². The normalized spacial score (nSPS) is 21.7. The highest BCUT2D eigenvalue weighted by Gasteiger charge is 2.41. The molecule has 4 rings (SSSR count). The van der Waals surface area contributed by atoms with Crippen LogP contribution in [-0.4, -0.2) is 58.8 Å². The molecule has 1 aliphatic carbocycles. The minimum atomic E-state index is -1.61. The van der Waals surface area contributed by atoms with Crippen molar-refractivity contribution in [1.82, 2.24) is 9.80 Å². The molecule has 1 unspecified atom stereocenters. The zero-order valence-corrected chi connectivity index (χ0v) is 17.2. The number of rotatable bonds is 5. The quantitative estimate of drug-likeness (QED) is 0.829. The van der Waals surface area contributed by atoms with Crippen LogP contribution in [0.4, 0.5) is 4.39 Å². The maximum atomic E-state index is 15.4. The van der Waals surface area contributed by atoms with Gasteiger partial charge in [-0.1, -0.05) is 31.2 Å². The van der Waals surface area contributed by atoms with Gasteiger partial charge in [-0.2, -0.15) is 0 Å². The third kappa shape index (κ3) is 4.25. The van der Waals surface area contributed by atoms with Gasteiger partial charge in [-0.25, -0.2) is 4.39 Å². The van der Waals surface area contributed by atoms with Crippen LogP contribution in [0.5, 0.6) is 0 Å². The summed E-state index contributed by atoms with van der Waals surface area (Å²) in [5, 5.41) is 10.7. The van der Waals surface area contributed by atoms with Gasteiger partial charge in [0, 0.05) is 57.6 Å². The van der Waals surface area contributed by atoms with Crippen molar-refractivity contribution in [2.24, 2.45) is 0 Å². The van der Waals surface area contributed by atoms with Crippen LogP contribution < -0.4 is 0 Å². The highest BCUT2D eigenvalue weighted by Crippen LogP contribution is 2.32. The SMILES string of the molecule is CCC(=O)N1CCC(F)(C(O)Cc2ccc3c(c2)CCN(C2=CC=C2)CC3)CC1. The molecule has 0 aromatic heterocycles. The minimum Gasteiger partial charge on any atom is -0.389 e. The predicted octanol–water partition coefficient (Wildman–Crippen LogP) is 3.19. The van der Waals surface area contributed by atoms with Gasteiger partial charge in [-0.3, -0.25) is 4.79 Å². The number of hydrogen-bond donors (Lipinski definition) is 1. The standard InChI is InChI=1S/C24H31FN2O2/c1-2-23(29)27-14-10-24(25,11-15-27)22(28)17-18-6-7-19-8-12-26(21-4-3-5-21)13-9-20(19)16-18/h3-7,16,22,28H,2,8-15,17H2,1H3. The molecule has 1 N–H and O–H groups in total. The van der Waals surface area contributed by atoms with E-state index in [1.807, 2.05) is 13.0 Å². The lowest BCUT2D eigenvalue weighted by Crippen LogP contribution is -2.50. The maximum Gasteiger partial charge on any atom is 0.222 e. The number of alkyl halides is 1. The van der Waals surface area contributed by atoms with Crippen LogP contribution in [0.3, 0.4) is 0 Å². The number of aliphatic hydroxyl groups excluding tert-OH is 1. The molecule has 29 heavy (non-hydrogen) atoms. The van der Waals surface area contributed by atoms with Gasteiger partial charge in [0.2, 0.25) is 5.91 Å². The van der Waals surface area contributed by atoms with Gasteiger partial charge in [0.1, 0.15) is 5.67 Å². The summed E-state index contributed by atoms with van der Waals surface area (Å²) in [6, 6.07) is 6.35. The number of amides is 1. The Kier molecular flexibility index (Phi) is 5.77. The number of allylic oxidation sites excluding steroid dienone is 3. The summed E-state index contributed by atoms with van der Waals surface area (Å²) in [6.07, 6.45) is 8.51. The first-order valence-electron chi connectivity index (χ1n) is 10.9. The summed E-state index contributed by atoms with van der Waals surface area (Å²) in [5.41, 5.74) is 3.36. The number of piperidine rings is 1. The van der Waals surface area contributed by atoms with Gasteiger partial charge in [0.25, 0.3) is 0 Å². The van der Waals surface area contributed by atoms with E-state index in [0.29, 0.717) is 25.9 Å². The van der Waals surface area contributed by atoms with E-state index in [-0.39, 0.29) is 18.7 Å². The van der Waals surface area contributed by atoms with Crippen molar-refractivity contribution < 1.29 is 14.3 Å². The molecule has 5 heteroatoms. The van der Waals surface area contributed by atoms with Crippen LogP contribution in [0.2, 0.25) is 0 Å². The average Bonchev–Trinajstić information content (AvgIpc) is 2.89. The summed E-state index contributed by atoms with van der Waals surface area (Å²) >= 11 is 0. The monoisotopic (exact) mass is 398 g/mol. The maximum absolute atomic E-state index is 15.4. The second-order valence-corrected chi connectivity index (χ2v) is 8.53. The fraction of sp³-hybridized carbons (Fsp3) is 0.542. The Morgan fingerprint density at radius 2 is 1.86 bits per heavy atom. The van der Waals surface area contributed by atoms with Crippen LogP contribution in [0.15, 0.2) is 42.1 Å². The van der Waals surface area contributed by atoms with Gasteiger partial charge < -0.3 is 14.9 Å². The van der Waals surface area contributed by atoms with Gasteiger partial charge >= 0.3 is 0 Å². The van der Waals surface area contributed by atoms with Crippen LogP contribution in [-0.2, 0) is 24.1 Å². The second kappa shape index (κ2) is 8.31. The zero-order valence-electron chi connectivity index (χ0n) is 17.2. The van der Waals surface area contributed by atoms with Gasteiger partial charge in [0.15, 0.2) is 0 Å². The van der Waals surface area contributed by atoms with Crippen molar-refractivity contribution in [3.8, 4) is 0 Å². The lowest BCUT2D eigenvalue weighted by atomic mass is 9.84. The lowest BCUT2D eigenvalue weighted by Gasteiger charge is -2.39. The number of fused-ring (bicyclic) bond motifs is 1. The van der Waals surface area contributed by atoms with E-state index in [2.05, 4.69) is 35.3 Å². The van der Waals surface area contributed by atoms with Crippen molar-refractivity contribution >= 4 is 5.91 Å². The Balaban J connectivity index is 1.38. The van der Waals surface area contributed by atoms with Gasteiger partial charge in [-0.05, 0) is 41.7 Å². The van der Waals surface area contributed by atoms with Crippen LogP contribution in [0.25, 0.3) is 0 Å². The molecule has 1 amide bonds. The number of nitrogens with zero attached hydrogens (tertiary/aromatic N) is 2. The van der Waals surface area contributed by atoms with Crippen molar-refractivity contribution in [3.05, 3.63) is 58.8 Å². The first-order valence-corrected chi connectivity index (χ1v) is 10.9. The molecule has 1 fully saturated rings. The Bertz CT molecular complexity index is 824. The van der Waals surface area contributed by atoms with E-state index < -0.39 is 11.8 Å². The van der Waals surface area contributed by atoms with Crippen molar-refractivity contribution in [2.45, 2.75) is 57.2 Å². The third-order valence-corrected chi connectivity index (χ3v) is 6.75. The first-order chi connectivity index (χ1) is 14.0. The molecule has 2 heterocycles. The fourth-order valence-corrected chi connectivity index (χ4v) is 4.65.